The predicted octanol–water partition coefficient (Wildman–Crippen LogP) is 3.54. The fourth-order valence-corrected chi connectivity index (χ4v) is 5.05. The molecule has 1 unspecified atom stereocenters. The maximum atomic E-state index is 13.8. The molecule has 2 saturated heterocycles. The second-order valence-corrected chi connectivity index (χ2v) is 9.84. The molecule has 1 atom stereocenters. The average molecular weight is 534 g/mol. The van der Waals surface area contributed by atoms with Crippen LogP contribution < -0.4 is 5.32 Å². The molecule has 0 aromatic heterocycles. The third-order valence-corrected chi connectivity index (χ3v) is 7.39. The van der Waals surface area contributed by atoms with Gasteiger partial charge >= 0.3 is 0 Å². The highest BCUT2D eigenvalue weighted by atomic mass is 35.5. The minimum Gasteiger partial charge on any atom is -0.383 e. The highest BCUT2D eigenvalue weighted by Gasteiger charge is 2.54. The number of nitrogens with zero attached hydrogens (tertiary/aromatic N) is 2. The average Bonchev–Trinajstić information content (AvgIpc) is 3.24. The Kier molecular flexibility index (Phi) is 8.20. The lowest BCUT2D eigenvalue weighted by molar-refractivity contribution is -0.128. The Morgan fingerprint density at radius 2 is 1.78 bits per heavy atom. The quantitative estimate of drug-likeness (QED) is 0.573. The van der Waals surface area contributed by atoms with Gasteiger partial charge in [0.15, 0.2) is 0 Å². The highest BCUT2D eigenvalue weighted by Crippen LogP contribution is 2.39. The van der Waals surface area contributed by atoms with E-state index in [0.717, 1.165) is 5.56 Å². The van der Waals surface area contributed by atoms with Gasteiger partial charge in [0.25, 0.3) is 11.8 Å². The van der Waals surface area contributed by atoms with Crippen LogP contribution in [-0.2, 0) is 14.3 Å². The summed E-state index contributed by atoms with van der Waals surface area (Å²) < 4.78 is 11.2. The van der Waals surface area contributed by atoms with E-state index in [1.807, 2.05) is 19.1 Å². The molecule has 36 heavy (non-hydrogen) atoms. The Labute approximate surface area is 220 Å². The fraction of sp³-hybridized carbons (Fsp3) is 0.423. The number of aryl methyl sites for hydroxylation is 1. The number of hydrogen-bond acceptors (Lipinski definition) is 5. The Morgan fingerprint density at radius 1 is 1.06 bits per heavy atom. The van der Waals surface area contributed by atoms with Crippen molar-refractivity contribution in [1.29, 1.82) is 0 Å². The van der Waals surface area contributed by atoms with Crippen molar-refractivity contribution >= 4 is 40.9 Å². The summed E-state index contributed by atoms with van der Waals surface area (Å²) in [5, 5.41) is 3.52. The first-order valence-corrected chi connectivity index (χ1v) is 12.6. The van der Waals surface area contributed by atoms with E-state index in [4.69, 9.17) is 32.7 Å². The molecule has 4 rings (SSSR count). The van der Waals surface area contributed by atoms with Gasteiger partial charge in [-0.1, -0.05) is 40.9 Å². The van der Waals surface area contributed by atoms with E-state index in [1.54, 1.807) is 47.2 Å². The predicted molar refractivity (Wildman–Crippen MR) is 136 cm³/mol. The molecule has 1 N–H and O–H groups in total. The first kappa shape index (κ1) is 26.4. The van der Waals surface area contributed by atoms with Crippen LogP contribution in [-0.4, -0.2) is 79.2 Å². The van der Waals surface area contributed by atoms with Gasteiger partial charge in [0, 0.05) is 50.7 Å². The topological polar surface area (TPSA) is 88.2 Å². The smallest absolute Gasteiger partial charge is 0.256 e. The van der Waals surface area contributed by atoms with E-state index in [2.05, 4.69) is 5.32 Å². The second kappa shape index (κ2) is 11.2. The van der Waals surface area contributed by atoms with Crippen molar-refractivity contribution in [1.82, 2.24) is 15.1 Å². The summed E-state index contributed by atoms with van der Waals surface area (Å²) in [6.07, 6.45) is 0.749. The molecule has 2 aliphatic heterocycles. The van der Waals surface area contributed by atoms with Crippen molar-refractivity contribution in [2.24, 2.45) is 0 Å². The van der Waals surface area contributed by atoms with E-state index >= 15 is 0 Å². The van der Waals surface area contributed by atoms with Crippen molar-refractivity contribution in [3.05, 3.63) is 69.2 Å². The van der Waals surface area contributed by atoms with Gasteiger partial charge < -0.3 is 19.7 Å². The number of halogens is 2. The molecule has 8 nitrogen and oxygen atoms in total. The molecule has 0 bridgehead atoms. The van der Waals surface area contributed by atoms with Crippen LogP contribution >= 0.6 is 23.2 Å². The zero-order chi connectivity index (χ0) is 25.9. The molecule has 3 amide bonds. The van der Waals surface area contributed by atoms with Crippen LogP contribution in [0.25, 0.3) is 0 Å². The van der Waals surface area contributed by atoms with Gasteiger partial charge in [-0.05, 0) is 37.3 Å². The van der Waals surface area contributed by atoms with Crippen molar-refractivity contribution in [2.45, 2.75) is 31.5 Å². The van der Waals surface area contributed by atoms with Gasteiger partial charge in [0.1, 0.15) is 11.8 Å². The van der Waals surface area contributed by atoms with Gasteiger partial charge in [-0.15, -0.1) is 0 Å². The molecule has 10 heteroatoms. The van der Waals surface area contributed by atoms with E-state index in [-0.39, 0.29) is 24.3 Å². The van der Waals surface area contributed by atoms with E-state index in [9.17, 15) is 14.4 Å². The standard InChI is InChI=1S/C26H29Cl2N3O5/c1-17-4-3-5-18(14-17)25(34)31-22(23(32)29-10-13-35-2)16-36-26(31)8-11-30(12-9-26)24(33)19-6-7-20(27)21(28)15-19/h3-7,14-15,22H,8-13,16H2,1-2H3,(H,29,32). The second-order valence-electron chi connectivity index (χ2n) is 9.02. The summed E-state index contributed by atoms with van der Waals surface area (Å²) in [6, 6.07) is 11.3. The van der Waals surface area contributed by atoms with Crippen LogP contribution in [0.3, 0.4) is 0 Å². The Hall–Kier alpha value is -2.65. The summed E-state index contributed by atoms with van der Waals surface area (Å²) in [7, 11) is 1.56. The molecule has 2 heterocycles. The van der Waals surface area contributed by atoms with Gasteiger partial charge in [0.05, 0.1) is 23.3 Å². The minimum absolute atomic E-state index is 0.0805. The molecule has 2 aromatic carbocycles. The van der Waals surface area contributed by atoms with E-state index in [1.165, 1.54) is 0 Å². The molecule has 2 aliphatic rings. The van der Waals surface area contributed by atoms with Crippen molar-refractivity contribution in [2.75, 3.05) is 40.0 Å². The van der Waals surface area contributed by atoms with Crippen LogP contribution in [0.2, 0.25) is 10.0 Å². The lowest BCUT2D eigenvalue weighted by atomic mass is 9.96. The third-order valence-electron chi connectivity index (χ3n) is 6.65. The molecule has 2 fully saturated rings. The highest BCUT2D eigenvalue weighted by molar-refractivity contribution is 6.42. The molecule has 0 aliphatic carbocycles. The molecular weight excluding hydrogens is 505 g/mol. The first-order chi connectivity index (χ1) is 17.3. The van der Waals surface area contributed by atoms with Crippen LogP contribution in [0, 0.1) is 6.92 Å². The summed E-state index contributed by atoms with van der Waals surface area (Å²) in [4.78, 5) is 43.2. The van der Waals surface area contributed by atoms with Crippen LogP contribution in [0.4, 0.5) is 0 Å². The lowest BCUT2D eigenvalue weighted by Crippen LogP contribution is -2.60. The van der Waals surface area contributed by atoms with Crippen molar-refractivity contribution in [3.63, 3.8) is 0 Å². The number of carbonyl (C=O) groups excluding carboxylic acids is 3. The number of ether oxygens (including phenoxy) is 2. The zero-order valence-corrected chi connectivity index (χ0v) is 21.8. The van der Waals surface area contributed by atoms with Crippen molar-refractivity contribution < 1.29 is 23.9 Å². The number of carbonyl (C=O) groups is 3. The van der Waals surface area contributed by atoms with Crippen LogP contribution in [0.15, 0.2) is 42.5 Å². The lowest BCUT2D eigenvalue weighted by Gasteiger charge is -2.44. The van der Waals surface area contributed by atoms with Gasteiger partial charge in [-0.2, -0.15) is 0 Å². The Bertz CT molecular complexity index is 1150. The van der Waals surface area contributed by atoms with Gasteiger partial charge in [-0.25, -0.2) is 0 Å². The maximum absolute atomic E-state index is 13.8. The number of rotatable bonds is 6. The number of hydrogen-bond donors (Lipinski definition) is 1. The summed E-state index contributed by atoms with van der Waals surface area (Å²) >= 11 is 12.1. The van der Waals surface area contributed by atoms with Gasteiger partial charge in [-0.3, -0.25) is 19.3 Å². The number of amides is 3. The first-order valence-electron chi connectivity index (χ1n) is 11.8. The van der Waals surface area contributed by atoms with Crippen molar-refractivity contribution in [3.8, 4) is 0 Å². The van der Waals surface area contributed by atoms with E-state index < -0.39 is 11.8 Å². The normalized spacial score (nSPS) is 18.9. The van der Waals surface area contributed by atoms with Crippen LogP contribution in [0.1, 0.15) is 39.1 Å². The zero-order valence-electron chi connectivity index (χ0n) is 20.3. The van der Waals surface area contributed by atoms with E-state index in [0.29, 0.717) is 60.3 Å². The molecule has 0 saturated carbocycles. The molecule has 1 spiro atoms. The third kappa shape index (κ3) is 5.37. The number of benzene rings is 2. The Morgan fingerprint density at radius 3 is 2.44 bits per heavy atom. The molecular formula is C26H29Cl2N3O5. The fourth-order valence-electron chi connectivity index (χ4n) is 4.75. The number of methoxy groups -OCH3 is 1. The monoisotopic (exact) mass is 533 g/mol. The molecule has 0 radical (unpaired) electrons. The number of likely N-dealkylation sites (tertiary alicyclic amines) is 1. The number of piperidine rings is 1. The maximum Gasteiger partial charge on any atom is 0.256 e. The van der Waals surface area contributed by atoms with Gasteiger partial charge in [0.2, 0.25) is 5.91 Å². The Balaban J connectivity index is 1.56. The minimum atomic E-state index is -0.988. The number of nitrogens with one attached hydrogen (secondary N) is 1. The largest absolute Gasteiger partial charge is 0.383 e. The summed E-state index contributed by atoms with van der Waals surface area (Å²) in [6.45, 7) is 3.40. The molecule has 2 aromatic rings. The summed E-state index contributed by atoms with van der Waals surface area (Å²) in [5.74, 6) is -0.738. The SMILES string of the molecule is COCCNC(=O)C1COC2(CCN(C(=O)c3ccc(Cl)c(Cl)c3)CC2)N1C(=O)c1cccc(C)c1. The molecule has 192 valence electrons. The summed E-state index contributed by atoms with van der Waals surface area (Å²) in [5.41, 5.74) is 0.885. The van der Waals surface area contributed by atoms with Crippen LogP contribution in [0.5, 0.6) is 0 Å².